The normalized spacial score (nSPS) is 13.5. The van der Waals surface area contributed by atoms with Gasteiger partial charge in [0.2, 0.25) is 6.79 Å². The van der Waals surface area contributed by atoms with Gasteiger partial charge in [-0.2, -0.15) is 0 Å². The van der Waals surface area contributed by atoms with Crippen molar-refractivity contribution in [2.75, 3.05) is 13.4 Å². The van der Waals surface area contributed by atoms with E-state index in [9.17, 15) is 4.79 Å². The molecule has 1 aromatic rings. The molecule has 5 nitrogen and oxygen atoms in total. The average Bonchev–Trinajstić information content (AvgIpc) is 2.83. The van der Waals surface area contributed by atoms with Crippen LogP contribution in [0.15, 0.2) is 18.2 Å². The standard InChI is InChI=1S/C14H19NO4.ClH/c1-2-17-14(16)8-11(15)5-3-10-4-6-12-13(7-10)19-9-18-12;/h4,6-7,11H,2-3,5,8-9,15H2,1H3;1H. The molecular weight excluding hydrogens is 282 g/mol. The van der Waals surface area contributed by atoms with Crippen molar-refractivity contribution < 1.29 is 19.0 Å². The topological polar surface area (TPSA) is 70.8 Å². The summed E-state index contributed by atoms with van der Waals surface area (Å²) in [5, 5.41) is 0. The first-order valence-electron chi connectivity index (χ1n) is 6.48. The number of hydrogen-bond acceptors (Lipinski definition) is 5. The van der Waals surface area contributed by atoms with E-state index in [2.05, 4.69) is 0 Å². The third-order valence-corrected chi connectivity index (χ3v) is 2.97. The van der Waals surface area contributed by atoms with Crippen molar-refractivity contribution in [1.82, 2.24) is 0 Å². The Kier molecular flexibility index (Phi) is 6.61. The number of hydrogen-bond donors (Lipinski definition) is 1. The number of rotatable bonds is 6. The Morgan fingerprint density at radius 1 is 1.40 bits per heavy atom. The third-order valence-electron chi connectivity index (χ3n) is 2.97. The predicted molar refractivity (Wildman–Crippen MR) is 77.4 cm³/mol. The number of ether oxygens (including phenoxy) is 3. The molecule has 0 aromatic heterocycles. The Morgan fingerprint density at radius 2 is 2.15 bits per heavy atom. The zero-order valence-electron chi connectivity index (χ0n) is 11.5. The smallest absolute Gasteiger partial charge is 0.307 e. The highest BCUT2D eigenvalue weighted by molar-refractivity contribution is 5.85. The summed E-state index contributed by atoms with van der Waals surface area (Å²) in [6, 6.07) is 5.67. The second-order valence-electron chi connectivity index (χ2n) is 4.50. The molecule has 0 radical (unpaired) electrons. The fraction of sp³-hybridized carbons (Fsp3) is 0.500. The molecule has 0 amide bonds. The lowest BCUT2D eigenvalue weighted by atomic mass is 10.0. The molecule has 6 heteroatoms. The second-order valence-corrected chi connectivity index (χ2v) is 4.50. The Labute approximate surface area is 124 Å². The number of aryl methyl sites for hydroxylation is 1. The van der Waals surface area contributed by atoms with Crippen LogP contribution in [0, 0.1) is 0 Å². The number of esters is 1. The average molecular weight is 302 g/mol. The van der Waals surface area contributed by atoms with Crippen LogP contribution in [-0.4, -0.2) is 25.4 Å². The van der Waals surface area contributed by atoms with Gasteiger partial charge >= 0.3 is 5.97 Å². The lowest BCUT2D eigenvalue weighted by Gasteiger charge is -2.11. The number of carbonyl (C=O) groups excluding carboxylic acids is 1. The van der Waals surface area contributed by atoms with Crippen molar-refractivity contribution in [1.29, 1.82) is 0 Å². The van der Waals surface area contributed by atoms with E-state index in [0.29, 0.717) is 6.61 Å². The van der Waals surface area contributed by atoms with Crippen LogP contribution in [0.2, 0.25) is 0 Å². The number of carbonyl (C=O) groups is 1. The minimum atomic E-state index is -0.235. The van der Waals surface area contributed by atoms with Gasteiger partial charge in [0.25, 0.3) is 0 Å². The number of halogens is 1. The molecule has 0 fully saturated rings. The summed E-state index contributed by atoms with van der Waals surface area (Å²) in [5.74, 6) is 1.32. The highest BCUT2D eigenvalue weighted by atomic mass is 35.5. The predicted octanol–water partition coefficient (Wildman–Crippen LogP) is 2.05. The van der Waals surface area contributed by atoms with Gasteiger partial charge in [-0.05, 0) is 37.5 Å². The summed E-state index contributed by atoms with van der Waals surface area (Å²) in [6.45, 7) is 2.46. The first kappa shape index (κ1) is 16.6. The Balaban J connectivity index is 0.00000200. The molecule has 112 valence electrons. The number of benzene rings is 1. The zero-order valence-corrected chi connectivity index (χ0v) is 12.3. The van der Waals surface area contributed by atoms with E-state index in [0.717, 1.165) is 29.9 Å². The van der Waals surface area contributed by atoms with Crippen LogP contribution in [0.4, 0.5) is 0 Å². The van der Waals surface area contributed by atoms with E-state index >= 15 is 0 Å². The summed E-state index contributed by atoms with van der Waals surface area (Å²) in [5.41, 5.74) is 7.04. The highest BCUT2D eigenvalue weighted by Gasteiger charge is 2.14. The van der Waals surface area contributed by atoms with Crippen LogP contribution in [0.3, 0.4) is 0 Å². The van der Waals surface area contributed by atoms with Crippen LogP contribution in [0.5, 0.6) is 11.5 Å². The van der Waals surface area contributed by atoms with Crippen molar-refractivity contribution in [3.8, 4) is 11.5 Å². The second kappa shape index (κ2) is 7.97. The van der Waals surface area contributed by atoms with E-state index in [1.54, 1.807) is 6.92 Å². The molecule has 0 saturated heterocycles. The lowest BCUT2D eigenvalue weighted by Crippen LogP contribution is -2.25. The van der Waals surface area contributed by atoms with Crippen molar-refractivity contribution in [2.45, 2.75) is 32.2 Å². The maximum atomic E-state index is 11.3. The first-order chi connectivity index (χ1) is 9.19. The molecule has 1 unspecified atom stereocenters. The first-order valence-corrected chi connectivity index (χ1v) is 6.48. The molecule has 0 saturated carbocycles. The van der Waals surface area contributed by atoms with Gasteiger partial charge in [0, 0.05) is 6.04 Å². The fourth-order valence-electron chi connectivity index (χ4n) is 1.98. The van der Waals surface area contributed by atoms with Crippen molar-refractivity contribution in [3.63, 3.8) is 0 Å². The molecule has 2 N–H and O–H groups in total. The Bertz CT molecular complexity index is 453. The molecular formula is C14H20ClNO4. The molecule has 0 bridgehead atoms. The molecule has 0 spiro atoms. The van der Waals surface area contributed by atoms with E-state index in [-0.39, 0.29) is 37.6 Å². The largest absolute Gasteiger partial charge is 0.466 e. The SMILES string of the molecule is CCOC(=O)CC(N)CCc1ccc2c(c1)OCO2.Cl. The summed E-state index contributed by atoms with van der Waals surface area (Å²) in [7, 11) is 0. The van der Waals surface area contributed by atoms with E-state index in [1.165, 1.54) is 0 Å². The third kappa shape index (κ3) is 4.58. The molecule has 1 aliphatic heterocycles. The van der Waals surface area contributed by atoms with Gasteiger partial charge in [-0.1, -0.05) is 6.07 Å². The fourth-order valence-corrected chi connectivity index (χ4v) is 1.98. The van der Waals surface area contributed by atoms with Crippen molar-refractivity contribution in [2.24, 2.45) is 5.73 Å². The summed E-state index contributed by atoms with van der Waals surface area (Å²) >= 11 is 0. The van der Waals surface area contributed by atoms with Crippen LogP contribution < -0.4 is 15.2 Å². The molecule has 20 heavy (non-hydrogen) atoms. The molecule has 0 aliphatic carbocycles. The van der Waals surface area contributed by atoms with E-state index in [1.807, 2.05) is 18.2 Å². The van der Waals surface area contributed by atoms with Gasteiger partial charge in [0.15, 0.2) is 11.5 Å². The minimum Gasteiger partial charge on any atom is -0.466 e. The Hall–Kier alpha value is -1.46. The van der Waals surface area contributed by atoms with Gasteiger partial charge < -0.3 is 19.9 Å². The van der Waals surface area contributed by atoms with E-state index < -0.39 is 0 Å². The Morgan fingerprint density at radius 3 is 2.90 bits per heavy atom. The van der Waals surface area contributed by atoms with Crippen LogP contribution in [0.25, 0.3) is 0 Å². The van der Waals surface area contributed by atoms with Crippen molar-refractivity contribution >= 4 is 18.4 Å². The van der Waals surface area contributed by atoms with E-state index in [4.69, 9.17) is 19.9 Å². The quantitative estimate of drug-likeness (QED) is 0.814. The zero-order chi connectivity index (χ0) is 13.7. The van der Waals surface area contributed by atoms with Gasteiger partial charge in [-0.3, -0.25) is 4.79 Å². The van der Waals surface area contributed by atoms with Gasteiger partial charge in [0.1, 0.15) is 0 Å². The van der Waals surface area contributed by atoms with Gasteiger partial charge in [-0.25, -0.2) is 0 Å². The van der Waals surface area contributed by atoms with Gasteiger partial charge in [-0.15, -0.1) is 12.4 Å². The maximum absolute atomic E-state index is 11.3. The molecule has 1 aromatic carbocycles. The summed E-state index contributed by atoms with van der Waals surface area (Å²) in [6.07, 6.45) is 1.80. The van der Waals surface area contributed by atoms with Crippen LogP contribution >= 0.6 is 12.4 Å². The van der Waals surface area contributed by atoms with Gasteiger partial charge in [0.05, 0.1) is 13.0 Å². The molecule has 2 rings (SSSR count). The molecule has 1 heterocycles. The number of nitrogens with two attached hydrogens (primary N) is 1. The lowest BCUT2D eigenvalue weighted by molar-refractivity contribution is -0.143. The van der Waals surface area contributed by atoms with Crippen LogP contribution in [0.1, 0.15) is 25.3 Å². The monoisotopic (exact) mass is 301 g/mol. The highest BCUT2D eigenvalue weighted by Crippen LogP contribution is 2.32. The molecule has 1 atom stereocenters. The van der Waals surface area contributed by atoms with Crippen molar-refractivity contribution in [3.05, 3.63) is 23.8 Å². The van der Waals surface area contributed by atoms with Crippen LogP contribution in [-0.2, 0) is 16.0 Å². The minimum absolute atomic E-state index is 0. The summed E-state index contributed by atoms with van der Waals surface area (Å²) < 4.78 is 15.4. The maximum Gasteiger partial charge on any atom is 0.307 e. The molecule has 1 aliphatic rings. The number of fused-ring (bicyclic) bond motifs is 1. The summed E-state index contributed by atoms with van der Waals surface area (Å²) in [4.78, 5) is 11.3.